The highest BCUT2D eigenvalue weighted by atomic mass is 32.1. The molecule has 4 rings (SSSR count). The molecule has 144 valence electrons. The van der Waals surface area contributed by atoms with Crippen LogP contribution in [0.2, 0.25) is 0 Å². The SMILES string of the molecule is O=C(NCC#Cc1cccc(CS)c1)OCC1c2ccccc2-c2ccccc21. The Morgan fingerprint density at radius 2 is 1.66 bits per heavy atom. The maximum absolute atomic E-state index is 12.1. The number of nitrogens with one attached hydrogen (secondary N) is 1. The number of alkyl carbamates (subject to hydrolysis) is 1. The number of ether oxygens (including phenoxy) is 1. The molecule has 0 atom stereocenters. The van der Waals surface area contributed by atoms with Crippen molar-refractivity contribution < 1.29 is 9.53 Å². The Labute approximate surface area is 176 Å². The first-order chi connectivity index (χ1) is 14.3. The third-order valence-electron chi connectivity index (χ3n) is 5.01. The zero-order valence-corrected chi connectivity index (χ0v) is 16.8. The van der Waals surface area contributed by atoms with E-state index in [1.165, 1.54) is 22.3 Å². The lowest BCUT2D eigenvalue weighted by Gasteiger charge is -2.14. The zero-order valence-electron chi connectivity index (χ0n) is 15.9. The lowest BCUT2D eigenvalue weighted by atomic mass is 9.98. The van der Waals surface area contributed by atoms with Crippen molar-refractivity contribution in [3.8, 4) is 23.0 Å². The molecule has 1 N–H and O–H groups in total. The zero-order chi connectivity index (χ0) is 20.1. The number of thiol groups is 1. The van der Waals surface area contributed by atoms with E-state index in [-0.39, 0.29) is 12.5 Å². The molecule has 0 saturated carbocycles. The van der Waals surface area contributed by atoms with Crippen LogP contribution in [0.15, 0.2) is 72.8 Å². The van der Waals surface area contributed by atoms with Gasteiger partial charge in [0.1, 0.15) is 6.61 Å². The fourth-order valence-electron chi connectivity index (χ4n) is 3.66. The largest absolute Gasteiger partial charge is 0.449 e. The van der Waals surface area contributed by atoms with Crippen LogP contribution in [0.1, 0.15) is 28.2 Å². The van der Waals surface area contributed by atoms with Gasteiger partial charge in [0.25, 0.3) is 0 Å². The van der Waals surface area contributed by atoms with Crippen LogP contribution >= 0.6 is 12.6 Å². The van der Waals surface area contributed by atoms with Crippen molar-refractivity contribution in [1.29, 1.82) is 0 Å². The van der Waals surface area contributed by atoms with E-state index >= 15 is 0 Å². The minimum atomic E-state index is -0.453. The summed E-state index contributed by atoms with van der Waals surface area (Å²) >= 11 is 4.27. The number of carbonyl (C=O) groups is 1. The number of fused-ring (bicyclic) bond motifs is 3. The topological polar surface area (TPSA) is 38.3 Å². The molecule has 29 heavy (non-hydrogen) atoms. The van der Waals surface area contributed by atoms with E-state index in [1.807, 2.05) is 48.5 Å². The van der Waals surface area contributed by atoms with Crippen LogP contribution in [-0.2, 0) is 10.5 Å². The highest BCUT2D eigenvalue weighted by Crippen LogP contribution is 2.44. The van der Waals surface area contributed by atoms with Crippen molar-refractivity contribution in [1.82, 2.24) is 5.32 Å². The first kappa shape index (κ1) is 19.2. The molecule has 0 fully saturated rings. The number of hydrogen-bond donors (Lipinski definition) is 2. The number of amides is 1. The van der Waals surface area contributed by atoms with Crippen LogP contribution < -0.4 is 5.32 Å². The molecule has 0 aromatic heterocycles. The smallest absolute Gasteiger partial charge is 0.407 e. The Morgan fingerprint density at radius 1 is 0.966 bits per heavy atom. The Balaban J connectivity index is 1.34. The third kappa shape index (κ3) is 4.31. The summed E-state index contributed by atoms with van der Waals surface area (Å²) < 4.78 is 5.50. The summed E-state index contributed by atoms with van der Waals surface area (Å²) in [6.45, 7) is 0.541. The van der Waals surface area contributed by atoms with Gasteiger partial charge in [-0.05, 0) is 39.9 Å². The lowest BCUT2D eigenvalue weighted by molar-refractivity contribution is 0.144. The fraction of sp³-hybridized carbons (Fsp3) is 0.160. The van der Waals surface area contributed by atoms with Crippen LogP contribution in [0.4, 0.5) is 4.79 Å². The first-order valence-corrected chi connectivity index (χ1v) is 10.2. The lowest BCUT2D eigenvalue weighted by Crippen LogP contribution is -2.26. The van der Waals surface area contributed by atoms with E-state index in [2.05, 4.69) is 54.1 Å². The van der Waals surface area contributed by atoms with Gasteiger partial charge < -0.3 is 10.1 Å². The summed E-state index contributed by atoms with van der Waals surface area (Å²) in [5.74, 6) is 6.73. The van der Waals surface area contributed by atoms with Crippen LogP contribution in [0.3, 0.4) is 0 Å². The molecule has 0 heterocycles. The van der Waals surface area contributed by atoms with Crippen molar-refractivity contribution >= 4 is 18.7 Å². The van der Waals surface area contributed by atoms with Gasteiger partial charge in [-0.1, -0.05) is 72.5 Å². The summed E-state index contributed by atoms with van der Waals surface area (Å²) in [6.07, 6.45) is -0.453. The Kier molecular flexibility index (Phi) is 5.88. The van der Waals surface area contributed by atoms with Gasteiger partial charge in [-0.15, -0.1) is 0 Å². The molecular weight excluding hydrogens is 378 g/mol. The van der Waals surface area contributed by atoms with Crippen molar-refractivity contribution in [3.05, 3.63) is 95.1 Å². The maximum Gasteiger partial charge on any atom is 0.407 e. The molecule has 0 aliphatic heterocycles. The van der Waals surface area contributed by atoms with Crippen LogP contribution in [0.5, 0.6) is 0 Å². The van der Waals surface area contributed by atoms with Crippen molar-refractivity contribution in [2.45, 2.75) is 11.7 Å². The van der Waals surface area contributed by atoms with E-state index in [0.717, 1.165) is 11.1 Å². The number of carbonyl (C=O) groups excluding carboxylic acids is 1. The molecule has 0 unspecified atom stereocenters. The average Bonchev–Trinajstić information content (AvgIpc) is 3.09. The van der Waals surface area contributed by atoms with Crippen LogP contribution in [-0.4, -0.2) is 19.2 Å². The summed E-state index contributed by atoms with van der Waals surface area (Å²) in [6, 6.07) is 24.5. The second kappa shape index (κ2) is 8.89. The number of hydrogen-bond acceptors (Lipinski definition) is 3. The van der Waals surface area contributed by atoms with E-state index in [4.69, 9.17) is 4.74 Å². The minimum Gasteiger partial charge on any atom is -0.449 e. The highest BCUT2D eigenvalue weighted by molar-refractivity contribution is 7.79. The normalized spacial score (nSPS) is 11.8. The second-order valence-electron chi connectivity index (χ2n) is 6.84. The van der Waals surface area contributed by atoms with E-state index in [0.29, 0.717) is 12.4 Å². The van der Waals surface area contributed by atoms with Gasteiger partial charge in [0.15, 0.2) is 0 Å². The van der Waals surface area contributed by atoms with Gasteiger partial charge in [0, 0.05) is 17.2 Å². The maximum atomic E-state index is 12.1. The van der Waals surface area contributed by atoms with E-state index in [1.54, 1.807) is 0 Å². The fourth-order valence-corrected chi connectivity index (χ4v) is 3.86. The molecule has 1 aliphatic rings. The molecule has 1 amide bonds. The number of benzene rings is 3. The summed E-state index contributed by atoms with van der Waals surface area (Å²) in [7, 11) is 0. The highest BCUT2D eigenvalue weighted by Gasteiger charge is 2.28. The Hall–Kier alpha value is -3.16. The first-order valence-electron chi connectivity index (χ1n) is 9.54. The molecule has 0 bridgehead atoms. The average molecular weight is 400 g/mol. The van der Waals surface area contributed by atoms with Gasteiger partial charge in [0.2, 0.25) is 0 Å². The van der Waals surface area contributed by atoms with Gasteiger partial charge in [-0.3, -0.25) is 0 Å². The number of rotatable bonds is 4. The molecule has 0 radical (unpaired) electrons. The van der Waals surface area contributed by atoms with E-state index in [9.17, 15) is 4.79 Å². The summed E-state index contributed by atoms with van der Waals surface area (Å²) in [5.41, 5.74) is 6.85. The van der Waals surface area contributed by atoms with Gasteiger partial charge in [-0.25, -0.2) is 4.79 Å². The molecule has 0 saturated heterocycles. The van der Waals surface area contributed by atoms with Gasteiger partial charge in [0.05, 0.1) is 6.54 Å². The van der Waals surface area contributed by atoms with Gasteiger partial charge >= 0.3 is 6.09 Å². The predicted octanol–water partition coefficient (Wildman–Crippen LogP) is 5.01. The molecule has 0 spiro atoms. The molecular formula is C25H21NO2S. The van der Waals surface area contributed by atoms with E-state index < -0.39 is 6.09 Å². The molecule has 4 heteroatoms. The quantitative estimate of drug-likeness (QED) is 0.478. The van der Waals surface area contributed by atoms with Crippen molar-refractivity contribution in [2.75, 3.05) is 13.2 Å². The molecule has 3 nitrogen and oxygen atoms in total. The standard InChI is InChI=1S/C25H21NO2S/c27-25(26-14-6-9-18-7-5-8-19(15-18)17-29)28-16-24-22-12-3-1-10-20(22)21-11-2-4-13-23(21)24/h1-5,7-8,10-13,15,24,29H,14,16-17H2,(H,26,27). The van der Waals surface area contributed by atoms with Crippen molar-refractivity contribution in [3.63, 3.8) is 0 Å². The summed E-state index contributed by atoms with van der Waals surface area (Å²) in [4.78, 5) is 12.1. The monoisotopic (exact) mass is 399 g/mol. The predicted molar refractivity (Wildman–Crippen MR) is 119 cm³/mol. The Bertz CT molecular complexity index is 1050. The van der Waals surface area contributed by atoms with Crippen molar-refractivity contribution in [2.24, 2.45) is 0 Å². The minimum absolute atomic E-state index is 0.0585. The molecule has 3 aromatic carbocycles. The van der Waals surface area contributed by atoms with Gasteiger partial charge in [-0.2, -0.15) is 12.6 Å². The third-order valence-corrected chi connectivity index (χ3v) is 5.37. The molecule has 1 aliphatic carbocycles. The summed E-state index contributed by atoms with van der Waals surface area (Å²) in [5, 5.41) is 2.70. The molecule has 3 aromatic rings. The van der Waals surface area contributed by atoms with Crippen LogP contribution in [0, 0.1) is 11.8 Å². The second-order valence-corrected chi connectivity index (χ2v) is 7.16. The van der Waals surface area contributed by atoms with Crippen LogP contribution in [0.25, 0.3) is 11.1 Å². The Morgan fingerprint density at radius 3 is 2.34 bits per heavy atom.